The molecule has 0 heteroatoms. The molecule has 0 spiro atoms. The van der Waals surface area contributed by atoms with Gasteiger partial charge in [-0.3, -0.25) is 0 Å². The van der Waals surface area contributed by atoms with Crippen molar-refractivity contribution in [2.45, 2.75) is 39.0 Å². The number of hydrogen-bond donors (Lipinski definition) is 0. The summed E-state index contributed by atoms with van der Waals surface area (Å²) in [6.45, 7) is 2.15. The molecule has 0 heterocycles. The third kappa shape index (κ3) is 7.30. The summed E-state index contributed by atoms with van der Waals surface area (Å²) < 4.78 is 0. The first-order valence-electron chi connectivity index (χ1n) is 4.00. The van der Waals surface area contributed by atoms with Gasteiger partial charge in [-0.05, 0) is 25.7 Å². The first-order chi connectivity index (χ1) is 4.91. The minimum atomic E-state index is 0.931. The van der Waals surface area contributed by atoms with Gasteiger partial charge in [0.05, 0.1) is 0 Å². The van der Waals surface area contributed by atoms with Gasteiger partial charge in [-0.25, -0.2) is 0 Å². The van der Waals surface area contributed by atoms with E-state index in [0.29, 0.717) is 0 Å². The van der Waals surface area contributed by atoms with Gasteiger partial charge >= 0.3 is 0 Å². The van der Waals surface area contributed by atoms with Gasteiger partial charge in [0.2, 0.25) is 0 Å². The Morgan fingerprint density at radius 1 is 1.30 bits per heavy atom. The molecule has 0 atom stereocenters. The lowest BCUT2D eigenvalue weighted by Gasteiger charge is -1.89. The maximum atomic E-state index is 5.10. The first-order valence-corrected chi connectivity index (χ1v) is 4.00. The molecule has 0 aliphatic heterocycles. The normalized spacial score (nSPS) is 10.0. The second kappa shape index (κ2) is 8.30. The summed E-state index contributed by atoms with van der Waals surface area (Å²) in [4.78, 5) is 0. The molecule has 0 aliphatic rings. The van der Waals surface area contributed by atoms with E-state index in [0.717, 1.165) is 12.8 Å². The fraction of sp³-hybridized carbons (Fsp3) is 0.600. The number of allylic oxidation sites excluding steroid dienone is 2. The van der Waals surface area contributed by atoms with Gasteiger partial charge in [-0.2, -0.15) is 0 Å². The van der Waals surface area contributed by atoms with E-state index in [4.69, 9.17) is 6.42 Å². The highest BCUT2D eigenvalue weighted by molar-refractivity contribution is 4.84. The van der Waals surface area contributed by atoms with Crippen molar-refractivity contribution in [1.29, 1.82) is 0 Å². The molecule has 0 saturated heterocycles. The first kappa shape index (κ1) is 9.30. The topological polar surface area (TPSA) is 0 Å². The zero-order chi connectivity index (χ0) is 7.66. The van der Waals surface area contributed by atoms with Gasteiger partial charge in [-0.15, -0.1) is 12.3 Å². The third-order valence-corrected chi connectivity index (χ3v) is 1.34. The van der Waals surface area contributed by atoms with E-state index in [1.54, 1.807) is 0 Å². The predicted molar refractivity (Wildman–Crippen MR) is 46.7 cm³/mol. The Hall–Kier alpha value is -0.700. The number of rotatable bonds is 5. The van der Waals surface area contributed by atoms with Crippen molar-refractivity contribution >= 4 is 0 Å². The van der Waals surface area contributed by atoms with Crippen LogP contribution in [0.1, 0.15) is 39.0 Å². The third-order valence-electron chi connectivity index (χ3n) is 1.34. The van der Waals surface area contributed by atoms with E-state index < -0.39 is 0 Å². The van der Waals surface area contributed by atoms with Crippen LogP contribution in [0.4, 0.5) is 0 Å². The largest absolute Gasteiger partial charge is 0.120 e. The molecular weight excluding hydrogens is 120 g/mol. The maximum absolute atomic E-state index is 5.10. The van der Waals surface area contributed by atoms with Gasteiger partial charge < -0.3 is 0 Å². The quantitative estimate of drug-likeness (QED) is 0.309. The van der Waals surface area contributed by atoms with Gasteiger partial charge in [0.1, 0.15) is 0 Å². The van der Waals surface area contributed by atoms with E-state index in [-0.39, 0.29) is 0 Å². The summed E-state index contributed by atoms with van der Waals surface area (Å²) in [5.41, 5.74) is 0. The Labute approximate surface area is 64.3 Å². The molecule has 56 valence electrons. The second-order valence-corrected chi connectivity index (χ2v) is 2.33. The van der Waals surface area contributed by atoms with E-state index in [1.807, 2.05) is 0 Å². The molecule has 0 fully saturated rings. The molecule has 10 heavy (non-hydrogen) atoms. The average Bonchev–Trinajstić information content (AvgIpc) is 1.97. The number of terminal acetylenes is 1. The van der Waals surface area contributed by atoms with Crippen LogP contribution in [0.3, 0.4) is 0 Å². The van der Waals surface area contributed by atoms with Crippen LogP contribution in [0.2, 0.25) is 0 Å². The Balaban J connectivity index is 2.92. The number of unbranched alkanes of at least 4 members (excludes halogenated alkanes) is 3. The van der Waals surface area contributed by atoms with E-state index in [1.165, 1.54) is 19.3 Å². The van der Waals surface area contributed by atoms with Gasteiger partial charge in [0, 0.05) is 6.42 Å². The van der Waals surface area contributed by atoms with E-state index in [9.17, 15) is 0 Å². The summed E-state index contributed by atoms with van der Waals surface area (Å²) in [5.74, 6) is 2.63. The maximum Gasteiger partial charge on any atom is 0.00861 e. The molecule has 0 radical (unpaired) electrons. The highest BCUT2D eigenvalue weighted by Crippen LogP contribution is 1.99. The standard InChI is InChI=1S/C10H16/c1-3-5-7-9-10-8-6-4-2/h1,6,8H,4-5,7,9-10H2,2H3. The lowest BCUT2D eigenvalue weighted by atomic mass is 10.2. The van der Waals surface area contributed by atoms with Crippen LogP contribution in [0, 0.1) is 12.3 Å². The Bertz CT molecular complexity index is 114. The van der Waals surface area contributed by atoms with Gasteiger partial charge in [0.25, 0.3) is 0 Å². The minimum absolute atomic E-state index is 0.931. The second-order valence-electron chi connectivity index (χ2n) is 2.33. The highest BCUT2D eigenvalue weighted by atomic mass is 13.9. The van der Waals surface area contributed by atoms with Crippen molar-refractivity contribution in [3.63, 3.8) is 0 Å². The zero-order valence-corrected chi connectivity index (χ0v) is 6.77. The molecule has 0 amide bonds. The van der Waals surface area contributed by atoms with Crippen molar-refractivity contribution in [2.75, 3.05) is 0 Å². The fourth-order valence-corrected chi connectivity index (χ4v) is 0.774. The molecular formula is C10H16. The molecule has 0 bridgehead atoms. The molecule has 0 saturated carbocycles. The van der Waals surface area contributed by atoms with Crippen LogP contribution in [-0.2, 0) is 0 Å². The lowest BCUT2D eigenvalue weighted by molar-refractivity contribution is 0.771. The average molecular weight is 136 g/mol. The van der Waals surface area contributed by atoms with Gasteiger partial charge in [-0.1, -0.05) is 19.1 Å². The van der Waals surface area contributed by atoms with Crippen LogP contribution in [0.15, 0.2) is 12.2 Å². The van der Waals surface area contributed by atoms with Crippen molar-refractivity contribution in [3.05, 3.63) is 12.2 Å². The van der Waals surface area contributed by atoms with E-state index >= 15 is 0 Å². The van der Waals surface area contributed by atoms with Crippen LogP contribution < -0.4 is 0 Å². The van der Waals surface area contributed by atoms with Crippen LogP contribution in [0.25, 0.3) is 0 Å². The summed E-state index contributed by atoms with van der Waals surface area (Å²) in [5, 5.41) is 0. The summed E-state index contributed by atoms with van der Waals surface area (Å²) in [6, 6.07) is 0. The molecule has 0 N–H and O–H groups in total. The fourth-order valence-electron chi connectivity index (χ4n) is 0.774. The molecule has 0 nitrogen and oxygen atoms in total. The van der Waals surface area contributed by atoms with Gasteiger partial charge in [0.15, 0.2) is 0 Å². The molecule has 0 rings (SSSR count). The molecule has 0 aromatic rings. The zero-order valence-electron chi connectivity index (χ0n) is 6.77. The summed E-state index contributed by atoms with van der Waals surface area (Å²) >= 11 is 0. The SMILES string of the molecule is C#CCCCCC=CCC. The molecule has 0 aromatic heterocycles. The summed E-state index contributed by atoms with van der Waals surface area (Å²) in [6.07, 6.45) is 15.2. The minimum Gasteiger partial charge on any atom is -0.120 e. The Morgan fingerprint density at radius 2 is 2.10 bits per heavy atom. The van der Waals surface area contributed by atoms with Crippen LogP contribution >= 0.6 is 0 Å². The monoisotopic (exact) mass is 136 g/mol. The van der Waals surface area contributed by atoms with E-state index in [2.05, 4.69) is 25.0 Å². The van der Waals surface area contributed by atoms with Crippen molar-refractivity contribution in [2.24, 2.45) is 0 Å². The summed E-state index contributed by atoms with van der Waals surface area (Å²) in [7, 11) is 0. The Morgan fingerprint density at radius 3 is 2.70 bits per heavy atom. The van der Waals surface area contributed by atoms with Crippen molar-refractivity contribution in [3.8, 4) is 12.3 Å². The molecule has 0 unspecified atom stereocenters. The van der Waals surface area contributed by atoms with Crippen molar-refractivity contribution in [1.82, 2.24) is 0 Å². The molecule has 0 aliphatic carbocycles. The predicted octanol–water partition coefficient (Wildman–Crippen LogP) is 3.15. The smallest absolute Gasteiger partial charge is 0.00861 e. The highest BCUT2D eigenvalue weighted by Gasteiger charge is 1.81. The van der Waals surface area contributed by atoms with Crippen LogP contribution in [-0.4, -0.2) is 0 Å². The van der Waals surface area contributed by atoms with Crippen molar-refractivity contribution < 1.29 is 0 Å². The Kier molecular flexibility index (Phi) is 7.72. The van der Waals surface area contributed by atoms with Crippen LogP contribution in [0.5, 0.6) is 0 Å². The molecule has 0 aromatic carbocycles. The number of hydrogen-bond acceptors (Lipinski definition) is 0. The lowest BCUT2D eigenvalue weighted by Crippen LogP contribution is -1.71.